The van der Waals surface area contributed by atoms with E-state index in [1.165, 1.54) is 11.3 Å². The van der Waals surface area contributed by atoms with Crippen LogP contribution in [0.3, 0.4) is 0 Å². The molecule has 0 fully saturated rings. The van der Waals surface area contributed by atoms with Crippen molar-refractivity contribution >= 4 is 28.1 Å². The van der Waals surface area contributed by atoms with Crippen molar-refractivity contribution in [3.63, 3.8) is 0 Å². The molecule has 1 amide bonds. The van der Waals surface area contributed by atoms with Crippen molar-refractivity contribution < 1.29 is 4.79 Å². The summed E-state index contributed by atoms with van der Waals surface area (Å²) < 4.78 is 0. The number of carbonyl (C=O) groups is 1. The molecule has 0 bridgehead atoms. The van der Waals surface area contributed by atoms with Gasteiger partial charge in [-0.25, -0.2) is 4.98 Å². The lowest BCUT2D eigenvalue weighted by molar-refractivity contribution is 0.102. The number of nitrogens with one attached hydrogen (secondary N) is 2. The second-order valence-corrected chi connectivity index (χ2v) is 5.58. The molecule has 2 aromatic rings. The number of benzene rings is 1. The largest absolute Gasteiger partial charge is 0.387 e. The van der Waals surface area contributed by atoms with Crippen LogP contribution in [0.25, 0.3) is 0 Å². The van der Waals surface area contributed by atoms with Crippen LogP contribution >= 0.6 is 11.3 Å². The average Bonchev–Trinajstić information content (AvgIpc) is 2.99. The quantitative estimate of drug-likeness (QED) is 0.904. The van der Waals surface area contributed by atoms with E-state index in [1.54, 1.807) is 11.3 Å². The van der Waals surface area contributed by atoms with Crippen LogP contribution in [0.1, 0.15) is 27.3 Å². The summed E-state index contributed by atoms with van der Waals surface area (Å²) in [6.45, 7) is 0. The second-order valence-electron chi connectivity index (χ2n) is 4.49. The number of amides is 1. The van der Waals surface area contributed by atoms with Gasteiger partial charge in [-0.15, -0.1) is 11.3 Å². The highest BCUT2D eigenvalue weighted by Crippen LogP contribution is 2.30. The van der Waals surface area contributed by atoms with Crippen molar-refractivity contribution in [1.82, 2.24) is 4.98 Å². The smallest absolute Gasteiger partial charge is 0.259 e. The Kier molecular flexibility index (Phi) is 3.21. The highest BCUT2D eigenvalue weighted by atomic mass is 32.1. The minimum absolute atomic E-state index is 0.114. The maximum absolute atomic E-state index is 12.2. The molecule has 0 unspecified atom stereocenters. The lowest BCUT2D eigenvalue weighted by Crippen LogP contribution is -2.13. The molecule has 0 atom stereocenters. The molecule has 4 nitrogen and oxygen atoms in total. The number of hydrogen-bond acceptors (Lipinski definition) is 4. The van der Waals surface area contributed by atoms with Gasteiger partial charge in [0.05, 0.1) is 11.3 Å². The fourth-order valence-electron chi connectivity index (χ4n) is 2.31. The van der Waals surface area contributed by atoms with Crippen LogP contribution in [0.15, 0.2) is 24.3 Å². The van der Waals surface area contributed by atoms with Gasteiger partial charge in [0.2, 0.25) is 0 Å². The SMILES string of the molecule is CNc1ccccc1C(=O)Nc1nc2c(s1)CCC2. The summed E-state index contributed by atoms with van der Waals surface area (Å²) in [5.41, 5.74) is 2.62. The van der Waals surface area contributed by atoms with Crippen molar-refractivity contribution in [2.24, 2.45) is 0 Å². The maximum atomic E-state index is 12.2. The van der Waals surface area contributed by atoms with E-state index in [4.69, 9.17) is 0 Å². The highest BCUT2D eigenvalue weighted by molar-refractivity contribution is 7.16. The number of rotatable bonds is 3. The van der Waals surface area contributed by atoms with E-state index in [0.717, 1.165) is 24.2 Å². The predicted octanol–water partition coefficient (Wildman–Crippen LogP) is 2.93. The van der Waals surface area contributed by atoms with Gasteiger partial charge in [0, 0.05) is 17.6 Å². The maximum Gasteiger partial charge on any atom is 0.259 e. The van der Waals surface area contributed by atoms with Gasteiger partial charge in [0.25, 0.3) is 5.91 Å². The van der Waals surface area contributed by atoms with Gasteiger partial charge in [-0.3, -0.25) is 10.1 Å². The van der Waals surface area contributed by atoms with Crippen LogP contribution in [-0.2, 0) is 12.8 Å². The Hall–Kier alpha value is -1.88. The normalized spacial score (nSPS) is 13.1. The van der Waals surface area contributed by atoms with Gasteiger partial charge in [-0.1, -0.05) is 12.1 Å². The zero-order valence-corrected chi connectivity index (χ0v) is 11.5. The first-order valence-electron chi connectivity index (χ1n) is 6.34. The molecule has 0 spiro atoms. The molecule has 3 rings (SSSR count). The van der Waals surface area contributed by atoms with Crippen molar-refractivity contribution in [3.05, 3.63) is 40.4 Å². The van der Waals surface area contributed by atoms with Crippen molar-refractivity contribution in [2.45, 2.75) is 19.3 Å². The second kappa shape index (κ2) is 5.01. The van der Waals surface area contributed by atoms with E-state index in [1.807, 2.05) is 31.3 Å². The minimum Gasteiger partial charge on any atom is -0.387 e. The molecule has 0 radical (unpaired) electrons. The summed E-state index contributed by atoms with van der Waals surface area (Å²) >= 11 is 1.59. The number of aromatic nitrogens is 1. The Bertz CT molecular complexity index is 599. The summed E-state index contributed by atoms with van der Waals surface area (Å²) in [5, 5.41) is 6.62. The Morgan fingerprint density at radius 3 is 2.95 bits per heavy atom. The lowest BCUT2D eigenvalue weighted by atomic mass is 10.1. The predicted molar refractivity (Wildman–Crippen MR) is 78.1 cm³/mol. The third-order valence-corrected chi connectivity index (χ3v) is 4.33. The van der Waals surface area contributed by atoms with E-state index in [9.17, 15) is 4.79 Å². The van der Waals surface area contributed by atoms with Gasteiger partial charge in [-0.2, -0.15) is 0 Å². The summed E-state index contributed by atoms with van der Waals surface area (Å²) in [5.74, 6) is -0.114. The molecule has 5 heteroatoms. The van der Waals surface area contributed by atoms with Crippen molar-refractivity contribution in [2.75, 3.05) is 17.7 Å². The summed E-state index contributed by atoms with van der Waals surface area (Å²) in [7, 11) is 1.81. The van der Waals surface area contributed by atoms with Gasteiger partial charge >= 0.3 is 0 Å². The molecule has 1 aliphatic carbocycles. The van der Waals surface area contributed by atoms with Crippen LogP contribution in [0.5, 0.6) is 0 Å². The van der Waals surface area contributed by atoms with E-state index in [-0.39, 0.29) is 5.91 Å². The zero-order chi connectivity index (χ0) is 13.2. The summed E-state index contributed by atoms with van der Waals surface area (Å²) in [6.07, 6.45) is 3.32. The standard InChI is InChI=1S/C14H15N3OS/c1-15-10-6-3-2-5-9(10)13(18)17-14-16-11-7-4-8-12(11)19-14/h2-3,5-6,15H,4,7-8H2,1H3,(H,16,17,18). The van der Waals surface area contributed by atoms with Crippen molar-refractivity contribution in [3.8, 4) is 0 Å². The van der Waals surface area contributed by atoms with Crippen LogP contribution in [0.4, 0.5) is 10.8 Å². The first-order chi connectivity index (χ1) is 9.28. The molecule has 1 aromatic heterocycles. The molecule has 2 N–H and O–H groups in total. The topological polar surface area (TPSA) is 54.0 Å². The number of anilines is 2. The summed E-state index contributed by atoms with van der Waals surface area (Å²) in [4.78, 5) is 18.0. The van der Waals surface area contributed by atoms with Gasteiger partial charge in [0.15, 0.2) is 5.13 Å². The number of nitrogens with zero attached hydrogens (tertiary/aromatic N) is 1. The first kappa shape index (κ1) is 12.2. The first-order valence-corrected chi connectivity index (χ1v) is 7.16. The molecule has 19 heavy (non-hydrogen) atoms. The Balaban J connectivity index is 1.80. The number of fused-ring (bicyclic) bond motifs is 1. The summed E-state index contributed by atoms with van der Waals surface area (Å²) in [6, 6.07) is 7.46. The highest BCUT2D eigenvalue weighted by Gasteiger charge is 2.18. The zero-order valence-electron chi connectivity index (χ0n) is 10.7. The van der Waals surface area contributed by atoms with Gasteiger partial charge in [-0.05, 0) is 31.4 Å². The molecule has 0 saturated carbocycles. The molecular weight excluding hydrogens is 258 g/mol. The minimum atomic E-state index is -0.114. The molecule has 1 heterocycles. The number of para-hydroxylation sites is 1. The molecular formula is C14H15N3OS. The third-order valence-electron chi connectivity index (χ3n) is 3.26. The van der Waals surface area contributed by atoms with Gasteiger partial charge in [0.1, 0.15) is 0 Å². The lowest BCUT2D eigenvalue weighted by Gasteiger charge is -2.07. The Morgan fingerprint density at radius 2 is 2.16 bits per heavy atom. The van der Waals surface area contributed by atoms with E-state index < -0.39 is 0 Å². The molecule has 0 saturated heterocycles. The molecule has 98 valence electrons. The molecule has 0 aliphatic heterocycles. The molecule has 1 aliphatic rings. The number of hydrogen-bond donors (Lipinski definition) is 2. The van der Waals surface area contributed by atoms with Crippen LogP contribution in [0, 0.1) is 0 Å². The monoisotopic (exact) mass is 273 g/mol. The average molecular weight is 273 g/mol. The number of aryl methyl sites for hydroxylation is 2. The van der Waals surface area contributed by atoms with E-state index in [0.29, 0.717) is 10.7 Å². The van der Waals surface area contributed by atoms with Crippen LogP contribution in [0.2, 0.25) is 0 Å². The fourth-order valence-corrected chi connectivity index (χ4v) is 3.35. The van der Waals surface area contributed by atoms with Crippen LogP contribution in [-0.4, -0.2) is 17.9 Å². The molecule has 1 aromatic carbocycles. The Labute approximate surface area is 115 Å². The van der Waals surface area contributed by atoms with E-state index >= 15 is 0 Å². The van der Waals surface area contributed by atoms with E-state index in [2.05, 4.69) is 15.6 Å². The number of carbonyl (C=O) groups excluding carboxylic acids is 1. The van der Waals surface area contributed by atoms with Crippen molar-refractivity contribution in [1.29, 1.82) is 0 Å². The fraction of sp³-hybridized carbons (Fsp3) is 0.286. The van der Waals surface area contributed by atoms with Crippen LogP contribution < -0.4 is 10.6 Å². The van der Waals surface area contributed by atoms with Gasteiger partial charge < -0.3 is 5.32 Å². The number of thiazole rings is 1. The Morgan fingerprint density at radius 1 is 1.32 bits per heavy atom. The third kappa shape index (κ3) is 2.33.